The molecule has 1 aromatic rings. The van der Waals surface area contributed by atoms with Gasteiger partial charge in [0.15, 0.2) is 0 Å². The maximum Gasteiger partial charge on any atom is 0.410 e. The lowest BCUT2D eigenvalue weighted by Gasteiger charge is -2.53. The second-order valence-electron chi connectivity index (χ2n) is 5.92. The van der Waals surface area contributed by atoms with E-state index in [0.29, 0.717) is 13.2 Å². The van der Waals surface area contributed by atoms with Crippen LogP contribution in [0.5, 0.6) is 0 Å². The molecule has 1 unspecified atom stereocenters. The first kappa shape index (κ1) is 13.4. The van der Waals surface area contributed by atoms with Crippen molar-refractivity contribution in [3.05, 3.63) is 35.9 Å². The molecule has 1 atom stereocenters. The number of hydrogen-bond donors (Lipinski definition) is 1. The van der Waals surface area contributed by atoms with Crippen molar-refractivity contribution in [3.63, 3.8) is 0 Å². The number of amides is 1. The Hall–Kier alpha value is -1.55. The average Bonchev–Trinajstić information content (AvgIpc) is 2.44. The van der Waals surface area contributed by atoms with E-state index >= 15 is 0 Å². The minimum absolute atomic E-state index is 0.0347. The number of ether oxygens (including phenoxy) is 1. The predicted octanol–water partition coefficient (Wildman–Crippen LogP) is 2.70. The number of nitrogens with zero attached hydrogens (tertiary/aromatic N) is 1. The van der Waals surface area contributed by atoms with E-state index in [-0.39, 0.29) is 11.6 Å². The van der Waals surface area contributed by atoms with Gasteiger partial charge in [-0.1, -0.05) is 30.3 Å². The SMILES string of the molecule is O=C(OCc1ccccc1)N1CC(O)CCC12CCC2. The van der Waals surface area contributed by atoms with Gasteiger partial charge in [0.1, 0.15) is 6.61 Å². The van der Waals surface area contributed by atoms with Crippen molar-refractivity contribution in [1.82, 2.24) is 4.90 Å². The molecule has 108 valence electrons. The number of benzene rings is 1. The van der Waals surface area contributed by atoms with Gasteiger partial charge in [0, 0.05) is 5.54 Å². The maximum absolute atomic E-state index is 12.3. The molecular weight excluding hydrogens is 254 g/mol. The van der Waals surface area contributed by atoms with Crippen molar-refractivity contribution in [2.45, 2.75) is 50.4 Å². The highest BCUT2D eigenvalue weighted by molar-refractivity contribution is 5.69. The quantitative estimate of drug-likeness (QED) is 0.902. The zero-order valence-electron chi connectivity index (χ0n) is 11.6. The summed E-state index contributed by atoms with van der Waals surface area (Å²) >= 11 is 0. The Bertz CT molecular complexity index is 470. The normalized spacial score (nSPS) is 24.2. The lowest BCUT2D eigenvalue weighted by Crippen LogP contribution is -2.61. The highest BCUT2D eigenvalue weighted by Gasteiger charge is 2.48. The molecule has 1 N–H and O–H groups in total. The van der Waals surface area contributed by atoms with Crippen LogP contribution in [0.3, 0.4) is 0 Å². The molecule has 1 aliphatic heterocycles. The van der Waals surface area contributed by atoms with Gasteiger partial charge in [0.25, 0.3) is 0 Å². The fourth-order valence-corrected chi connectivity index (χ4v) is 3.24. The molecule has 20 heavy (non-hydrogen) atoms. The summed E-state index contributed by atoms with van der Waals surface area (Å²) in [5, 5.41) is 9.82. The van der Waals surface area contributed by atoms with E-state index in [9.17, 15) is 9.90 Å². The van der Waals surface area contributed by atoms with Crippen molar-refractivity contribution in [1.29, 1.82) is 0 Å². The first-order valence-corrected chi connectivity index (χ1v) is 7.36. The summed E-state index contributed by atoms with van der Waals surface area (Å²) < 4.78 is 5.42. The highest BCUT2D eigenvalue weighted by atomic mass is 16.6. The van der Waals surface area contributed by atoms with Gasteiger partial charge in [0.2, 0.25) is 0 Å². The Kier molecular flexibility index (Phi) is 3.66. The lowest BCUT2D eigenvalue weighted by molar-refractivity contribution is -0.0571. The Balaban J connectivity index is 1.63. The molecular formula is C16H21NO3. The third-order valence-electron chi connectivity index (χ3n) is 4.62. The minimum Gasteiger partial charge on any atom is -0.445 e. The summed E-state index contributed by atoms with van der Waals surface area (Å²) in [5.74, 6) is 0. The Labute approximate surface area is 119 Å². The molecule has 1 saturated heterocycles. The molecule has 1 aliphatic carbocycles. The van der Waals surface area contributed by atoms with E-state index in [1.165, 1.54) is 6.42 Å². The molecule has 1 heterocycles. The van der Waals surface area contributed by atoms with E-state index in [1.807, 2.05) is 30.3 Å². The number of likely N-dealkylation sites (tertiary alicyclic amines) is 1. The molecule has 1 saturated carbocycles. The third kappa shape index (κ3) is 2.52. The van der Waals surface area contributed by atoms with Crippen molar-refractivity contribution in [2.24, 2.45) is 0 Å². The van der Waals surface area contributed by atoms with Gasteiger partial charge in [-0.15, -0.1) is 0 Å². The molecule has 1 amide bonds. The summed E-state index contributed by atoms with van der Waals surface area (Å²) in [7, 11) is 0. The van der Waals surface area contributed by atoms with Crippen LogP contribution in [0.4, 0.5) is 4.79 Å². The first-order chi connectivity index (χ1) is 9.70. The van der Waals surface area contributed by atoms with Gasteiger partial charge < -0.3 is 9.84 Å². The topological polar surface area (TPSA) is 49.8 Å². The zero-order chi connectivity index (χ0) is 14.0. The van der Waals surface area contributed by atoms with Gasteiger partial charge in [-0.3, -0.25) is 4.90 Å². The molecule has 0 bridgehead atoms. The summed E-state index contributed by atoms with van der Waals surface area (Å²) in [6.07, 6.45) is 4.24. The van der Waals surface area contributed by atoms with Crippen LogP contribution >= 0.6 is 0 Å². The van der Waals surface area contributed by atoms with Gasteiger partial charge >= 0.3 is 6.09 Å². The van der Waals surface area contributed by atoms with Crippen molar-refractivity contribution < 1.29 is 14.6 Å². The number of rotatable bonds is 2. The van der Waals surface area contributed by atoms with E-state index in [2.05, 4.69) is 0 Å². The van der Waals surface area contributed by atoms with Crippen molar-refractivity contribution in [3.8, 4) is 0 Å². The smallest absolute Gasteiger partial charge is 0.410 e. The zero-order valence-corrected chi connectivity index (χ0v) is 11.6. The summed E-state index contributed by atoms with van der Waals surface area (Å²) in [4.78, 5) is 14.1. The Morgan fingerprint density at radius 2 is 2.05 bits per heavy atom. The van der Waals surface area contributed by atoms with E-state index < -0.39 is 6.10 Å². The standard InChI is InChI=1S/C16H21NO3/c18-14-7-10-16(8-4-9-16)17(11-14)15(19)20-12-13-5-2-1-3-6-13/h1-3,5-6,14,18H,4,7-12H2. The number of carbonyl (C=O) groups is 1. The van der Waals surface area contributed by atoms with Crippen LogP contribution in [0.15, 0.2) is 30.3 Å². The molecule has 4 nitrogen and oxygen atoms in total. The molecule has 0 radical (unpaired) electrons. The van der Waals surface area contributed by atoms with Crippen molar-refractivity contribution >= 4 is 6.09 Å². The van der Waals surface area contributed by atoms with E-state index in [1.54, 1.807) is 4.90 Å². The van der Waals surface area contributed by atoms with Crippen LogP contribution in [0.1, 0.15) is 37.7 Å². The number of β-amino-alcohol motifs (C(OH)–C–C–N with tert-alkyl or cyclic N) is 1. The average molecular weight is 275 g/mol. The lowest BCUT2D eigenvalue weighted by atomic mass is 9.70. The summed E-state index contributed by atoms with van der Waals surface area (Å²) in [6.45, 7) is 0.704. The first-order valence-electron chi connectivity index (χ1n) is 7.36. The summed E-state index contributed by atoms with van der Waals surface area (Å²) in [5.41, 5.74) is 0.952. The van der Waals surface area contributed by atoms with E-state index in [4.69, 9.17) is 4.74 Å². The van der Waals surface area contributed by atoms with Crippen LogP contribution in [0.2, 0.25) is 0 Å². The monoisotopic (exact) mass is 275 g/mol. The van der Waals surface area contributed by atoms with Gasteiger partial charge in [-0.2, -0.15) is 0 Å². The summed E-state index contributed by atoms with van der Waals surface area (Å²) in [6, 6.07) is 9.69. The highest BCUT2D eigenvalue weighted by Crippen LogP contribution is 2.44. The number of aliphatic hydroxyl groups is 1. The van der Waals surface area contributed by atoms with E-state index in [0.717, 1.165) is 31.2 Å². The number of hydrogen-bond acceptors (Lipinski definition) is 3. The third-order valence-corrected chi connectivity index (χ3v) is 4.62. The molecule has 0 aromatic heterocycles. The van der Waals surface area contributed by atoms with Crippen molar-refractivity contribution in [2.75, 3.05) is 6.54 Å². The van der Waals surface area contributed by atoms with Gasteiger partial charge in [-0.25, -0.2) is 4.79 Å². The Morgan fingerprint density at radius 1 is 1.30 bits per heavy atom. The molecule has 3 rings (SSSR count). The number of aliphatic hydroxyl groups excluding tert-OH is 1. The van der Waals surface area contributed by atoms with Gasteiger partial charge in [-0.05, 0) is 37.7 Å². The van der Waals surface area contributed by atoms with Crippen LogP contribution in [0.25, 0.3) is 0 Å². The fraction of sp³-hybridized carbons (Fsp3) is 0.562. The number of carbonyl (C=O) groups excluding carboxylic acids is 1. The second-order valence-corrected chi connectivity index (χ2v) is 5.92. The molecule has 4 heteroatoms. The van der Waals surface area contributed by atoms with Crippen LogP contribution in [-0.4, -0.2) is 34.3 Å². The fourth-order valence-electron chi connectivity index (χ4n) is 3.24. The van der Waals surface area contributed by atoms with Crippen LogP contribution in [-0.2, 0) is 11.3 Å². The Morgan fingerprint density at radius 3 is 2.70 bits per heavy atom. The molecule has 1 aromatic carbocycles. The molecule has 1 spiro atoms. The predicted molar refractivity (Wildman–Crippen MR) is 75.2 cm³/mol. The van der Waals surface area contributed by atoms with Crippen LogP contribution < -0.4 is 0 Å². The minimum atomic E-state index is -0.412. The number of piperidine rings is 1. The second kappa shape index (κ2) is 5.44. The maximum atomic E-state index is 12.3. The van der Waals surface area contributed by atoms with Gasteiger partial charge in [0.05, 0.1) is 12.6 Å². The molecule has 2 aliphatic rings. The van der Waals surface area contributed by atoms with Crippen LogP contribution in [0, 0.1) is 0 Å². The largest absolute Gasteiger partial charge is 0.445 e. The molecule has 2 fully saturated rings.